The fourth-order valence-corrected chi connectivity index (χ4v) is 21.4. The molecule has 0 amide bonds. The standard InChI is InChI=1S/C51H32N6.C39H25N5.C38H24N6/c1-3-16-33(17-4-1)35-20-15-21-36(30-35)55-43-26-11-9-24-39(43)41-32-48-42(31-47(41)55)40-25-10-14-29-46(40)57(48)51-53-49(34-18-5-2-6-19-34)52-50(54-51)56-44-27-12-7-22-37(44)38-23-8-13-28-45(38)56;1-4-14-26(15-5-1)37-40-38(27-16-6-2-7-17-27)42-39(41-37)44-34-23-13-11-21-30(34)32-24-35-31(25-36(32)44)29-20-10-12-22-33(29)43(35)28-18-8-3-9-19-28;1-4-14-25(15-5-1)36-40-37(26-16-6-2-7-17-26)42-38(41-36)44-31-23-13-11-21-29(31)35-33(44)24-32-34(39-35)28-20-10-12-22-30(28)43(32)27-18-8-3-9-19-27/h1-32H;1-25H;1-24H. The first-order valence-corrected chi connectivity index (χ1v) is 48.5. The van der Waals surface area contributed by atoms with Crippen LogP contribution in [0, 0.1) is 0 Å². The van der Waals surface area contributed by atoms with Crippen molar-refractivity contribution in [3.8, 4) is 109 Å². The molecule has 0 radical (unpaired) electrons. The van der Waals surface area contributed by atoms with E-state index in [1.54, 1.807) is 0 Å². The van der Waals surface area contributed by atoms with E-state index in [1.807, 2.05) is 152 Å². The van der Waals surface area contributed by atoms with Crippen molar-refractivity contribution in [1.29, 1.82) is 0 Å². The monoisotopic (exact) mass is 1860 g/mol. The average Bonchev–Trinajstić information content (AvgIpc) is 1.57. The Morgan fingerprint density at radius 2 is 0.317 bits per heavy atom. The molecule has 0 bridgehead atoms. The molecule has 0 saturated carbocycles. The lowest BCUT2D eigenvalue weighted by Crippen LogP contribution is -2.10. The maximum atomic E-state index is 5.38. The van der Waals surface area contributed by atoms with Gasteiger partial charge in [-0.05, 0) is 126 Å². The number of hydrogen-bond acceptors (Lipinski definition) is 10. The lowest BCUT2D eigenvalue weighted by molar-refractivity contribution is 0.893. The zero-order valence-corrected chi connectivity index (χ0v) is 77.9. The van der Waals surface area contributed by atoms with E-state index in [0.717, 1.165) is 171 Å². The Labute approximate surface area is 829 Å². The lowest BCUT2D eigenvalue weighted by Gasteiger charge is -2.13. The van der Waals surface area contributed by atoms with Gasteiger partial charge in [-0.1, -0.05) is 376 Å². The molecule has 145 heavy (non-hydrogen) atoms. The van der Waals surface area contributed by atoms with Crippen molar-refractivity contribution >= 4 is 153 Å². The number of rotatable bonds is 13. The van der Waals surface area contributed by atoms with Gasteiger partial charge in [-0.15, -0.1) is 0 Å². The van der Waals surface area contributed by atoms with Crippen molar-refractivity contribution in [3.05, 3.63) is 491 Å². The van der Waals surface area contributed by atoms with Crippen molar-refractivity contribution in [2.24, 2.45) is 0 Å². The molecule has 0 aliphatic heterocycles. The van der Waals surface area contributed by atoms with E-state index >= 15 is 0 Å². The molecule has 0 spiro atoms. The second-order valence-electron chi connectivity index (χ2n) is 36.2. The second-order valence-corrected chi connectivity index (χ2v) is 36.2. The molecule has 0 atom stereocenters. The molecule has 0 saturated heterocycles. The van der Waals surface area contributed by atoms with Gasteiger partial charge in [-0.2, -0.15) is 34.9 Å². The summed E-state index contributed by atoms with van der Waals surface area (Å²) in [5.41, 5.74) is 27.2. The minimum absolute atomic E-state index is 0.549. The van der Waals surface area contributed by atoms with E-state index in [9.17, 15) is 0 Å². The Kier molecular flexibility index (Phi) is 19.8. The molecule has 19 aromatic carbocycles. The van der Waals surface area contributed by atoms with Crippen LogP contribution in [-0.4, -0.2) is 81.8 Å². The fourth-order valence-electron chi connectivity index (χ4n) is 21.4. The molecule has 0 N–H and O–H groups in total. The summed E-state index contributed by atoms with van der Waals surface area (Å²) >= 11 is 0. The number of nitrogens with zero attached hydrogens (tertiary/aromatic N) is 17. The maximum absolute atomic E-state index is 5.38. The molecular formula is C128H81N17. The quantitative estimate of drug-likeness (QED) is 0.109. The van der Waals surface area contributed by atoms with Gasteiger partial charge in [0.2, 0.25) is 23.8 Å². The maximum Gasteiger partial charge on any atom is 0.240 e. The van der Waals surface area contributed by atoms with E-state index in [1.165, 1.54) is 38.3 Å². The van der Waals surface area contributed by atoms with Gasteiger partial charge in [-0.3, -0.25) is 18.3 Å². The second kappa shape index (κ2) is 34.5. The Hall–Kier alpha value is -20.0. The van der Waals surface area contributed by atoms with Gasteiger partial charge >= 0.3 is 0 Å². The van der Waals surface area contributed by atoms with Crippen LogP contribution < -0.4 is 0 Å². The van der Waals surface area contributed by atoms with Crippen LogP contribution in [0.25, 0.3) is 262 Å². The summed E-state index contributed by atoms with van der Waals surface area (Å²) in [5, 5.41) is 13.8. The number of hydrogen-bond donors (Lipinski definition) is 0. The third-order valence-electron chi connectivity index (χ3n) is 27.8. The first-order valence-electron chi connectivity index (χ1n) is 48.5. The van der Waals surface area contributed by atoms with Crippen molar-refractivity contribution in [3.63, 3.8) is 0 Å². The molecule has 0 unspecified atom stereocenters. The largest absolute Gasteiger partial charge is 0.309 e. The summed E-state index contributed by atoms with van der Waals surface area (Å²) in [7, 11) is 0. The van der Waals surface area contributed by atoms with Crippen LogP contribution in [0.4, 0.5) is 0 Å². The molecule has 678 valence electrons. The highest BCUT2D eigenvalue weighted by Gasteiger charge is 2.29. The van der Waals surface area contributed by atoms with Gasteiger partial charge in [0, 0.05) is 110 Å². The summed E-state index contributed by atoms with van der Waals surface area (Å²) in [6.45, 7) is 0. The van der Waals surface area contributed by atoms with Gasteiger partial charge in [-0.25, -0.2) is 15.0 Å². The highest BCUT2D eigenvalue weighted by atomic mass is 15.3. The predicted octanol–water partition coefficient (Wildman–Crippen LogP) is 30.7. The number of benzene rings is 19. The average molecular weight is 1860 g/mol. The van der Waals surface area contributed by atoms with Crippen molar-refractivity contribution in [1.82, 2.24) is 81.8 Å². The van der Waals surface area contributed by atoms with Crippen LogP contribution >= 0.6 is 0 Å². The van der Waals surface area contributed by atoms with Gasteiger partial charge < -0.3 is 13.7 Å². The smallest absolute Gasteiger partial charge is 0.240 e. The van der Waals surface area contributed by atoms with E-state index in [0.29, 0.717) is 52.9 Å². The third kappa shape index (κ3) is 14.1. The van der Waals surface area contributed by atoms with E-state index in [2.05, 4.69) is 372 Å². The molecule has 11 heterocycles. The summed E-state index contributed by atoms with van der Waals surface area (Å²) in [6, 6.07) is 171. The van der Waals surface area contributed by atoms with Crippen molar-refractivity contribution < 1.29 is 0 Å². The predicted molar refractivity (Wildman–Crippen MR) is 590 cm³/mol. The van der Waals surface area contributed by atoms with Crippen LogP contribution in [0.5, 0.6) is 0 Å². The molecule has 17 nitrogen and oxygen atoms in total. The zero-order valence-electron chi connectivity index (χ0n) is 77.9. The molecular weight excluding hydrogens is 1780 g/mol. The first kappa shape index (κ1) is 83.2. The molecule has 17 heteroatoms. The van der Waals surface area contributed by atoms with Gasteiger partial charge in [0.1, 0.15) is 0 Å². The Morgan fingerprint density at radius 1 is 0.110 bits per heavy atom. The molecule has 0 fully saturated rings. The summed E-state index contributed by atoms with van der Waals surface area (Å²) in [6.07, 6.45) is 0. The van der Waals surface area contributed by atoms with E-state index < -0.39 is 0 Å². The van der Waals surface area contributed by atoms with E-state index in [-0.39, 0.29) is 0 Å². The minimum atomic E-state index is 0.549. The van der Waals surface area contributed by atoms with Crippen LogP contribution in [0.2, 0.25) is 0 Å². The zero-order chi connectivity index (χ0) is 95.5. The number of para-hydroxylation sites is 10. The SMILES string of the molecule is c1ccc(-c2cccc(-n3c4ccccc4c4cc5c(cc43)c3ccccc3n5-c3nc(-c4ccccc4)nc(-n4c5ccccc5c5ccccc54)n3)c2)cc1.c1ccc(-c2nc(-c3ccccc3)nc(-n3c4ccccc4c4cc5c(cc43)c3ccccc3n5-c3ccccc3)n2)cc1.c1ccc(-c2nc(-c3ccccc3)nc(-n3c4ccccc4c4nc5c6ccccc6n(-c6ccccc6)c5cc43)n2)cc1. The van der Waals surface area contributed by atoms with Crippen LogP contribution in [0.1, 0.15) is 0 Å². The van der Waals surface area contributed by atoms with Crippen LogP contribution in [0.3, 0.4) is 0 Å². The third-order valence-corrected chi connectivity index (χ3v) is 27.8. The lowest BCUT2D eigenvalue weighted by atomic mass is 10.1. The van der Waals surface area contributed by atoms with Crippen molar-refractivity contribution in [2.45, 2.75) is 0 Å². The number of pyridine rings is 1. The van der Waals surface area contributed by atoms with Crippen LogP contribution in [0.15, 0.2) is 491 Å². The highest BCUT2D eigenvalue weighted by Crippen LogP contribution is 2.46. The fraction of sp³-hybridized carbons (Fsp3) is 0. The summed E-state index contributed by atoms with van der Waals surface area (Å²) in [5.74, 6) is 5.40. The number of fused-ring (bicyclic) bond motifs is 21. The van der Waals surface area contributed by atoms with Crippen molar-refractivity contribution in [2.75, 3.05) is 0 Å². The molecule has 11 aromatic heterocycles. The van der Waals surface area contributed by atoms with Gasteiger partial charge in [0.05, 0.1) is 88.3 Å². The molecule has 30 aromatic rings. The molecule has 0 aliphatic rings. The Morgan fingerprint density at radius 3 is 0.655 bits per heavy atom. The van der Waals surface area contributed by atoms with Gasteiger partial charge in [0.25, 0.3) is 0 Å². The minimum Gasteiger partial charge on any atom is -0.309 e. The van der Waals surface area contributed by atoms with Gasteiger partial charge in [0.15, 0.2) is 29.1 Å². The van der Waals surface area contributed by atoms with Crippen LogP contribution in [-0.2, 0) is 0 Å². The Balaban J connectivity index is 0.000000107. The van der Waals surface area contributed by atoms with E-state index in [4.69, 9.17) is 49.8 Å². The normalized spacial score (nSPS) is 11.7. The summed E-state index contributed by atoms with van der Waals surface area (Å²) in [4.78, 5) is 51.4. The molecule has 0 aliphatic carbocycles. The topological polar surface area (TPSA) is 163 Å². The summed E-state index contributed by atoms with van der Waals surface area (Å²) < 4.78 is 15.8. The molecule has 30 rings (SSSR count). The Bertz CT molecular complexity index is 10100. The highest BCUT2D eigenvalue weighted by molar-refractivity contribution is 6.22. The number of aromatic nitrogens is 17. The first-order chi connectivity index (χ1) is 71.9.